The van der Waals surface area contributed by atoms with Gasteiger partial charge in [-0.3, -0.25) is 4.99 Å². The Morgan fingerprint density at radius 2 is 1.93 bits per heavy atom. The van der Waals surface area contributed by atoms with E-state index in [0.29, 0.717) is 13.2 Å². The molecule has 1 fully saturated rings. The van der Waals surface area contributed by atoms with Crippen molar-refractivity contribution in [3.05, 3.63) is 65.2 Å². The molecule has 1 unspecified atom stereocenters. The van der Waals surface area contributed by atoms with E-state index in [1.807, 2.05) is 12.1 Å². The lowest BCUT2D eigenvalue weighted by Crippen LogP contribution is -2.48. The number of hydrogen-bond acceptors (Lipinski definition) is 4. The van der Waals surface area contributed by atoms with Crippen LogP contribution in [0.3, 0.4) is 0 Å². The molecule has 0 spiro atoms. The van der Waals surface area contributed by atoms with E-state index in [4.69, 9.17) is 9.88 Å². The van der Waals surface area contributed by atoms with Crippen LogP contribution >= 0.6 is 24.0 Å². The van der Waals surface area contributed by atoms with Gasteiger partial charge in [-0.05, 0) is 35.7 Å². The van der Waals surface area contributed by atoms with E-state index in [-0.39, 0.29) is 35.0 Å². The van der Waals surface area contributed by atoms with E-state index in [1.54, 1.807) is 19.2 Å². The standard InChI is InChI=1S/C20H26N4O3S.HI/c1-15-5-3-4-6-18(15)19-14-24(11-12-27-19)20(22-2)23-13-16-7-9-17(10-8-16)28(21,25)26;/h3-10,19H,11-14H2,1-2H3,(H,22,23)(H2,21,25,26);1H. The quantitative estimate of drug-likeness (QED) is 0.360. The van der Waals surface area contributed by atoms with Crippen LogP contribution in [0.15, 0.2) is 58.4 Å². The Labute approximate surface area is 189 Å². The molecule has 1 saturated heterocycles. The molecule has 0 saturated carbocycles. The van der Waals surface area contributed by atoms with Crippen molar-refractivity contribution in [1.82, 2.24) is 10.2 Å². The van der Waals surface area contributed by atoms with Crippen molar-refractivity contribution < 1.29 is 13.2 Å². The Morgan fingerprint density at radius 1 is 1.24 bits per heavy atom. The van der Waals surface area contributed by atoms with Gasteiger partial charge in [-0.15, -0.1) is 24.0 Å². The van der Waals surface area contributed by atoms with Gasteiger partial charge in [-0.25, -0.2) is 13.6 Å². The van der Waals surface area contributed by atoms with Crippen LogP contribution in [0, 0.1) is 6.92 Å². The fourth-order valence-electron chi connectivity index (χ4n) is 3.29. The predicted molar refractivity (Wildman–Crippen MR) is 125 cm³/mol. The van der Waals surface area contributed by atoms with Crippen LogP contribution in [0.5, 0.6) is 0 Å². The maximum atomic E-state index is 11.4. The van der Waals surface area contributed by atoms with E-state index in [0.717, 1.165) is 24.6 Å². The van der Waals surface area contributed by atoms with Crippen LogP contribution < -0.4 is 10.5 Å². The summed E-state index contributed by atoms with van der Waals surface area (Å²) in [6.07, 6.45) is 0.00236. The molecule has 29 heavy (non-hydrogen) atoms. The lowest BCUT2D eigenvalue weighted by Gasteiger charge is -2.35. The topological polar surface area (TPSA) is 97.0 Å². The maximum Gasteiger partial charge on any atom is 0.238 e. The minimum absolute atomic E-state index is 0. The fourth-order valence-corrected chi connectivity index (χ4v) is 3.80. The number of primary sulfonamides is 1. The van der Waals surface area contributed by atoms with Crippen LogP contribution in [0.4, 0.5) is 0 Å². The summed E-state index contributed by atoms with van der Waals surface area (Å²) in [6, 6.07) is 14.8. The first-order valence-electron chi connectivity index (χ1n) is 9.13. The Balaban J connectivity index is 0.00000300. The third kappa shape index (κ3) is 6.14. The number of nitrogens with one attached hydrogen (secondary N) is 1. The molecule has 2 aromatic rings. The summed E-state index contributed by atoms with van der Waals surface area (Å²) < 4.78 is 28.7. The molecule has 0 aromatic heterocycles. The molecule has 0 aliphatic carbocycles. The summed E-state index contributed by atoms with van der Waals surface area (Å²) in [5, 5.41) is 8.48. The van der Waals surface area contributed by atoms with Gasteiger partial charge in [0.1, 0.15) is 6.10 Å². The number of aliphatic imine (C=N–C) groups is 1. The van der Waals surface area contributed by atoms with Crippen LogP contribution in [-0.4, -0.2) is 46.0 Å². The van der Waals surface area contributed by atoms with Crippen LogP contribution in [0.1, 0.15) is 22.8 Å². The van der Waals surface area contributed by atoms with Gasteiger partial charge in [0, 0.05) is 20.1 Å². The van der Waals surface area contributed by atoms with E-state index in [9.17, 15) is 8.42 Å². The minimum Gasteiger partial charge on any atom is -0.370 e. The second-order valence-corrected chi connectivity index (χ2v) is 8.31. The maximum absolute atomic E-state index is 11.4. The van der Waals surface area contributed by atoms with Crippen molar-refractivity contribution in [1.29, 1.82) is 0 Å². The van der Waals surface area contributed by atoms with Crippen molar-refractivity contribution in [2.75, 3.05) is 26.7 Å². The Hall–Kier alpha value is -1.69. The first kappa shape index (κ1) is 23.6. The summed E-state index contributed by atoms with van der Waals surface area (Å²) >= 11 is 0. The third-order valence-electron chi connectivity index (χ3n) is 4.82. The summed E-state index contributed by atoms with van der Waals surface area (Å²) in [5.41, 5.74) is 3.35. The van der Waals surface area contributed by atoms with Crippen LogP contribution in [0.25, 0.3) is 0 Å². The van der Waals surface area contributed by atoms with Crippen LogP contribution in [-0.2, 0) is 21.3 Å². The number of guanidine groups is 1. The number of aryl methyl sites for hydroxylation is 1. The first-order valence-corrected chi connectivity index (χ1v) is 10.7. The van der Waals surface area contributed by atoms with Crippen molar-refractivity contribution in [3.8, 4) is 0 Å². The minimum atomic E-state index is -3.67. The molecule has 0 radical (unpaired) electrons. The van der Waals surface area contributed by atoms with Gasteiger partial charge < -0.3 is 15.0 Å². The second-order valence-electron chi connectivity index (χ2n) is 6.75. The van der Waals surface area contributed by atoms with E-state index in [1.165, 1.54) is 23.3 Å². The highest BCUT2D eigenvalue weighted by Gasteiger charge is 2.25. The predicted octanol–water partition coefficient (Wildman–Crippen LogP) is 2.41. The number of nitrogens with zero attached hydrogens (tertiary/aromatic N) is 2. The highest BCUT2D eigenvalue weighted by molar-refractivity contribution is 14.0. The fraction of sp³-hybridized carbons (Fsp3) is 0.350. The van der Waals surface area contributed by atoms with E-state index < -0.39 is 10.0 Å². The van der Waals surface area contributed by atoms with Gasteiger partial charge in [0.25, 0.3) is 0 Å². The van der Waals surface area contributed by atoms with Crippen molar-refractivity contribution in [2.45, 2.75) is 24.5 Å². The summed E-state index contributed by atoms with van der Waals surface area (Å²) in [6.45, 7) is 4.73. The molecule has 1 heterocycles. The van der Waals surface area contributed by atoms with Gasteiger partial charge in [0.15, 0.2) is 5.96 Å². The monoisotopic (exact) mass is 530 g/mol. The Bertz CT molecular complexity index is 948. The number of ether oxygens (including phenoxy) is 1. The molecule has 0 bridgehead atoms. The summed E-state index contributed by atoms with van der Waals surface area (Å²) in [4.78, 5) is 6.68. The first-order chi connectivity index (χ1) is 13.4. The zero-order chi connectivity index (χ0) is 20.1. The zero-order valence-corrected chi connectivity index (χ0v) is 19.7. The van der Waals surface area contributed by atoms with Gasteiger partial charge >= 0.3 is 0 Å². The molecule has 7 nitrogen and oxygen atoms in total. The Kier molecular flexibility index (Phi) is 8.44. The van der Waals surface area contributed by atoms with Gasteiger partial charge in [-0.2, -0.15) is 0 Å². The normalized spacial score (nSPS) is 17.6. The molecular weight excluding hydrogens is 503 g/mol. The molecule has 1 aliphatic heterocycles. The number of rotatable bonds is 4. The molecule has 1 atom stereocenters. The SMILES string of the molecule is CN=C(NCc1ccc(S(N)(=O)=O)cc1)N1CCOC(c2ccccc2C)C1.I. The lowest BCUT2D eigenvalue weighted by molar-refractivity contribution is -0.00833. The Morgan fingerprint density at radius 3 is 2.55 bits per heavy atom. The summed E-state index contributed by atoms with van der Waals surface area (Å²) in [5.74, 6) is 0.789. The molecule has 3 N–H and O–H groups in total. The highest BCUT2D eigenvalue weighted by atomic mass is 127. The zero-order valence-electron chi connectivity index (χ0n) is 16.5. The smallest absolute Gasteiger partial charge is 0.238 e. The molecule has 158 valence electrons. The second kappa shape index (κ2) is 10.4. The van der Waals surface area contributed by atoms with Gasteiger partial charge in [0.05, 0.1) is 18.0 Å². The number of halogens is 1. The van der Waals surface area contributed by atoms with E-state index in [2.05, 4.69) is 34.3 Å². The highest BCUT2D eigenvalue weighted by Crippen LogP contribution is 2.25. The summed E-state index contributed by atoms with van der Waals surface area (Å²) in [7, 11) is -1.92. The third-order valence-corrected chi connectivity index (χ3v) is 5.74. The number of morpholine rings is 1. The molecular formula is C20H27IN4O3S. The molecule has 3 rings (SSSR count). The number of hydrogen-bond donors (Lipinski definition) is 2. The number of benzene rings is 2. The van der Waals surface area contributed by atoms with Gasteiger partial charge in [-0.1, -0.05) is 36.4 Å². The van der Waals surface area contributed by atoms with Crippen molar-refractivity contribution in [2.24, 2.45) is 10.1 Å². The number of sulfonamides is 1. The average Bonchev–Trinajstić information content (AvgIpc) is 2.69. The average molecular weight is 530 g/mol. The number of nitrogens with two attached hydrogens (primary N) is 1. The molecule has 2 aromatic carbocycles. The van der Waals surface area contributed by atoms with E-state index >= 15 is 0 Å². The van der Waals surface area contributed by atoms with Crippen molar-refractivity contribution >= 4 is 40.0 Å². The molecule has 9 heteroatoms. The van der Waals surface area contributed by atoms with Crippen molar-refractivity contribution in [3.63, 3.8) is 0 Å². The molecule has 1 aliphatic rings. The lowest BCUT2D eigenvalue weighted by atomic mass is 10.0. The van der Waals surface area contributed by atoms with Gasteiger partial charge in [0.2, 0.25) is 10.0 Å². The van der Waals surface area contributed by atoms with Crippen LogP contribution in [0.2, 0.25) is 0 Å². The largest absolute Gasteiger partial charge is 0.370 e. The molecule has 0 amide bonds.